The molecule has 0 spiro atoms. The number of carbonyl (C=O) groups excluding carboxylic acids is 2. The lowest BCUT2D eigenvalue weighted by Crippen LogP contribution is -2.51. The van der Waals surface area contributed by atoms with Crippen molar-refractivity contribution in [2.24, 2.45) is 0 Å². The van der Waals surface area contributed by atoms with E-state index in [9.17, 15) is 18.0 Å². The average Bonchev–Trinajstić information content (AvgIpc) is 2.93. The first kappa shape index (κ1) is 30.3. The van der Waals surface area contributed by atoms with Crippen molar-refractivity contribution in [1.29, 1.82) is 0 Å². The van der Waals surface area contributed by atoms with E-state index >= 15 is 0 Å². The molecule has 0 bridgehead atoms. The lowest BCUT2D eigenvalue weighted by atomic mass is 10.1. The van der Waals surface area contributed by atoms with Crippen LogP contribution in [0.2, 0.25) is 10.0 Å². The van der Waals surface area contributed by atoms with Gasteiger partial charge in [-0.1, -0.05) is 53.9 Å². The molecule has 0 aliphatic rings. The highest BCUT2D eigenvalue weighted by atomic mass is 35.5. The van der Waals surface area contributed by atoms with Crippen LogP contribution in [0.1, 0.15) is 24.5 Å². The number of halogens is 2. The molecule has 0 heterocycles. The molecule has 0 radical (unpaired) electrons. The van der Waals surface area contributed by atoms with Crippen molar-refractivity contribution in [2.45, 2.75) is 37.8 Å². The zero-order valence-corrected chi connectivity index (χ0v) is 24.5. The Morgan fingerprint density at radius 1 is 0.974 bits per heavy atom. The van der Waals surface area contributed by atoms with E-state index in [1.807, 2.05) is 6.92 Å². The Labute approximate surface area is 239 Å². The fourth-order valence-electron chi connectivity index (χ4n) is 4.05. The molecule has 1 unspecified atom stereocenters. The van der Waals surface area contributed by atoms with E-state index in [1.54, 1.807) is 61.5 Å². The number of benzene rings is 3. The molecule has 3 aromatic carbocycles. The van der Waals surface area contributed by atoms with Crippen LogP contribution in [0, 0.1) is 6.92 Å². The zero-order chi connectivity index (χ0) is 28.7. The fourth-order valence-corrected chi connectivity index (χ4v) is 5.99. The van der Waals surface area contributed by atoms with Gasteiger partial charge in [-0.05, 0) is 61.9 Å². The maximum Gasteiger partial charge on any atom is 0.264 e. The van der Waals surface area contributed by atoms with Gasteiger partial charge in [-0.25, -0.2) is 8.42 Å². The van der Waals surface area contributed by atoms with Gasteiger partial charge < -0.3 is 15.0 Å². The third-order valence-electron chi connectivity index (χ3n) is 6.27. The van der Waals surface area contributed by atoms with Crippen LogP contribution in [0.25, 0.3) is 0 Å². The predicted octanol–water partition coefficient (Wildman–Crippen LogP) is 5.06. The number of anilines is 1. The number of ether oxygens (including phenoxy) is 1. The second-order valence-electron chi connectivity index (χ2n) is 8.78. The number of nitrogens with zero attached hydrogens (tertiary/aromatic N) is 2. The SMILES string of the molecule is CCC(C(=O)NC)N(Cc1c(Cl)cccc1Cl)C(=O)CN(c1ccc(OC)cc1)S(=O)(=O)c1ccc(C)cc1. The lowest BCUT2D eigenvalue weighted by molar-refractivity contribution is -0.140. The van der Waals surface area contributed by atoms with E-state index in [-0.39, 0.29) is 23.5 Å². The van der Waals surface area contributed by atoms with E-state index in [0.717, 1.165) is 9.87 Å². The highest BCUT2D eigenvalue weighted by Gasteiger charge is 2.34. The molecule has 0 fully saturated rings. The smallest absolute Gasteiger partial charge is 0.264 e. The number of nitrogens with one attached hydrogen (secondary N) is 1. The molecule has 0 aromatic heterocycles. The van der Waals surface area contributed by atoms with Gasteiger partial charge in [0, 0.05) is 29.2 Å². The number of sulfonamides is 1. The van der Waals surface area contributed by atoms with Gasteiger partial charge in [0.15, 0.2) is 0 Å². The van der Waals surface area contributed by atoms with E-state index in [2.05, 4.69) is 5.32 Å². The molecule has 8 nitrogen and oxygen atoms in total. The number of hydrogen-bond donors (Lipinski definition) is 1. The Morgan fingerprint density at radius 2 is 1.56 bits per heavy atom. The van der Waals surface area contributed by atoms with Crippen molar-refractivity contribution < 1.29 is 22.7 Å². The van der Waals surface area contributed by atoms with Crippen LogP contribution >= 0.6 is 23.2 Å². The molecule has 3 rings (SSSR count). The second-order valence-corrected chi connectivity index (χ2v) is 11.5. The maximum atomic E-state index is 14.0. The predicted molar refractivity (Wildman–Crippen MR) is 154 cm³/mol. The molecular weight excluding hydrogens is 561 g/mol. The van der Waals surface area contributed by atoms with Crippen LogP contribution in [-0.2, 0) is 26.2 Å². The van der Waals surface area contributed by atoms with Crippen molar-refractivity contribution in [3.63, 3.8) is 0 Å². The average molecular weight is 593 g/mol. The Hall–Kier alpha value is -3.27. The summed E-state index contributed by atoms with van der Waals surface area (Å²) in [5.74, 6) is -0.474. The van der Waals surface area contributed by atoms with Gasteiger partial charge in [0.1, 0.15) is 18.3 Å². The molecule has 0 saturated heterocycles. The fraction of sp³-hybridized carbons (Fsp3) is 0.286. The third-order valence-corrected chi connectivity index (χ3v) is 8.77. The number of methoxy groups -OCH3 is 1. The molecule has 0 aliphatic carbocycles. The molecule has 1 N–H and O–H groups in total. The van der Waals surface area contributed by atoms with Crippen molar-refractivity contribution in [1.82, 2.24) is 10.2 Å². The number of carbonyl (C=O) groups is 2. The number of aryl methyl sites for hydroxylation is 1. The Bertz CT molecular complexity index is 1390. The standard InChI is InChI=1S/C28H31Cl2N3O5S/c1-5-26(28(35)31-3)32(17-23-24(29)7-6-8-25(23)30)27(34)18-33(20-11-13-21(38-4)14-12-20)39(36,37)22-15-9-19(2)10-16-22/h6-16,26H,5,17-18H2,1-4H3,(H,31,35). The first-order valence-corrected chi connectivity index (χ1v) is 14.4. The first-order chi connectivity index (χ1) is 18.5. The summed E-state index contributed by atoms with van der Waals surface area (Å²) in [5.41, 5.74) is 1.60. The number of hydrogen-bond acceptors (Lipinski definition) is 5. The van der Waals surface area contributed by atoms with Crippen molar-refractivity contribution in [3.05, 3.63) is 87.9 Å². The van der Waals surface area contributed by atoms with Crippen LogP contribution < -0.4 is 14.4 Å². The molecule has 208 valence electrons. The molecule has 1 atom stereocenters. The van der Waals surface area contributed by atoms with Crippen molar-refractivity contribution in [3.8, 4) is 5.75 Å². The Kier molecular flexibility index (Phi) is 10.2. The van der Waals surface area contributed by atoms with E-state index in [4.69, 9.17) is 27.9 Å². The summed E-state index contributed by atoms with van der Waals surface area (Å²) in [4.78, 5) is 28.1. The van der Waals surface area contributed by atoms with Gasteiger partial charge in [0.05, 0.1) is 17.7 Å². The van der Waals surface area contributed by atoms with Gasteiger partial charge in [0.25, 0.3) is 10.0 Å². The minimum atomic E-state index is -4.17. The largest absolute Gasteiger partial charge is 0.497 e. The molecule has 2 amide bonds. The molecule has 0 saturated carbocycles. The summed E-state index contributed by atoms with van der Waals surface area (Å²) < 4.78 is 33.9. The van der Waals surface area contributed by atoms with Gasteiger partial charge in [-0.2, -0.15) is 0 Å². The van der Waals surface area contributed by atoms with Gasteiger partial charge in [-0.15, -0.1) is 0 Å². The monoisotopic (exact) mass is 591 g/mol. The molecular formula is C28H31Cl2N3O5S. The summed E-state index contributed by atoms with van der Waals surface area (Å²) in [5, 5.41) is 3.23. The number of rotatable bonds is 11. The summed E-state index contributed by atoms with van der Waals surface area (Å²) in [7, 11) is -1.20. The van der Waals surface area contributed by atoms with Gasteiger partial charge >= 0.3 is 0 Å². The van der Waals surface area contributed by atoms with Crippen LogP contribution in [0.5, 0.6) is 5.75 Å². The van der Waals surface area contributed by atoms with Crippen LogP contribution in [0.15, 0.2) is 71.6 Å². The van der Waals surface area contributed by atoms with Crippen LogP contribution in [0.3, 0.4) is 0 Å². The van der Waals surface area contributed by atoms with E-state index in [1.165, 1.54) is 31.2 Å². The highest BCUT2D eigenvalue weighted by Crippen LogP contribution is 2.29. The van der Waals surface area contributed by atoms with Crippen LogP contribution in [-0.4, -0.2) is 51.9 Å². The van der Waals surface area contributed by atoms with Gasteiger partial charge in [-0.3, -0.25) is 13.9 Å². The van der Waals surface area contributed by atoms with Gasteiger partial charge in [0.2, 0.25) is 11.8 Å². The van der Waals surface area contributed by atoms with E-state index in [0.29, 0.717) is 21.4 Å². The summed E-state index contributed by atoms with van der Waals surface area (Å²) >= 11 is 12.8. The van der Waals surface area contributed by atoms with Crippen LogP contribution in [0.4, 0.5) is 5.69 Å². The van der Waals surface area contributed by atoms with Crippen molar-refractivity contribution >= 4 is 50.7 Å². The molecule has 39 heavy (non-hydrogen) atoms. The minimum absolute atomic E-state index is 0.0239. The number of likely N-dealkylation sites (N-methyl/N-ethyl adjacent to an activating group) is 1. The maximum absolute atomic E-state index is 14.0. The minimum Gasteiger partial charge on any atom is -0.497 e. The molecule has 0 aliphatic heterocycles. The number of amides is 2. The second kappa shape index (κ2) is 13.2. The quantitative estimate of drug-likeness (QED) is 0.336. The Balaban J connectivity index is 2.10. The third kappa shape index (κ3) is 7.03. The highest BCUT2D eigenvalue weighted by molar-refractivity contribution is 7.92. The summed E-state index contributed by atoms with van der Waals surface area (Å²) in [6.07, 6.45) is 0.279. The zero-order valence-electron chi connectivity index (χ0n) is 22.1. The normalized spacial score (nSPS) is 11.9. The first-order valence-electron chi connectivity index (χ1n) is 12.2. The summed E-state index contributed by atoms with van der Waals surface area (Å²) in [6, 6.07) is 16.7. The molecule has 3 aromatic rings. The lowest BCUT2D eigenvalue weighted by Gasteiger charge is -2.33. The topological polar surface area (TPSA) is 96.0 Å². The Morgan fingerprint density at radius 3 is 2.08 bits per heavy atom. The van der Waals surface area contributed by atoms with E-state index < -0.39 is 34.4 Å². The van der Waals surface area contributed by atoms with Crippen molar-refractivity contribution in [2.75, 3.05) is 25.0 Å². The summed E-state index contributed by atoms with van der Waals surface area (Å²) in [6.45, 7) is 2.95. The molecule has 11 heteroatoms.